The monoisotopic (exact) mass is 530 g/mol. The molecule has 0 spiro atoms. The molecule has 0 N–H and O–H groups in total. The maximum atomic E-state index is 6.13. The summed E-state index contributed by atoms with van der Waals surface area (Å²) in [5.74, 6) is 2.02. The van der Waals surface area contributed by atoms with Crippen LogP contribution in [0.1, 0.15) is 11.1 Å². The van der Waals surface area contributed by atoms with E-state index in [0.29, 0.717) is 11.6 Å². The Bertz CT molecular complexity index is 2100. The molecule has 0 fully saturated rings. The molecule has 7 aromatic rings. The average molecular weight is 531 g/mol. The van der Waals surface area contributed by atoms with Gasteiger partial charge < -0.3 is 9.15 Å². The number of aromatic nitrogens is 3. The molecule has 1 aliphatic rings. The minimum absolute atomic E-state index is 0.540. The SMILES string of the molecule is C1=Cc2ccc(Oc3ccccn3)cc2N(c2cccc(-c3cccc4oc5cccnc5c34)n2)c2ccccc21. The largest absolute Gasteiger partial charge is 0.454 e. The van der Waals surface area contributed by atoms with Crippen LogP contribution in [-0.2, 0) is 0 Å². The Labute approximate surface area is 235 Å². The minimum Gasteiger partial charge on any atom is -0.454 e. The van der Waals surface area contributed by atoms with Crippen molar-refractivity contribution in [2.45, 2.75) is 0 Å². The number of pyridine rings is 3. The van der Waals surface area contributed by atoms with Crippen LogP contribution in [0.25, 0.3) is 45.5 Å². The zero-order valence-electron chi connectivity index (χ0n) is 21.8. The van der Waals surface area contributed by atoms with Crippen molar-refractivity contribution in [2.24, 2.45) is 0 Å². The number of hydrogen-bond donors (Lipinski definition) is 0. The predicted molar refractivity (Wildman–Crippen MR) is 163 cm³/mol. The molecule has 4 aromatic heterocycles. The number of anilines is 3. The van der Waals surface area contributed by atoms with Crippen molar-refractivity contribution in [2.75, 3.05) is 4.90 Å². The van der Waals surface area contributed by atoms with E-state index >= 15 is 0 Å². The third kappa shape index (κ3) is 4.01. The van der Waals surface area contributed by atoms with E-state index in [0.717, 1.165) is 61.6 Å². The summed E-state index contributed by atoms with van der Waals surface area (Å²) in [6.07, 6.45) is 7.79. The first-order valence-corrected chi connectivity index (χ1v) is 13.4. The number of hydrogen-bond acceptors (Lipinski definition) is 6. The molecule has 0 unspecified atom stereocenters. The summed E-state index contributed by atoms with van der Waals surface area (Å²) in [6, 6.07) is 36.0. The first-order valence-electron chi connectivity index (χ1n) is 13.4. The van der Waals surface area contributed by atoms with Gasteiger partial charge in [0.1, 0.15) is 22.7 Å². The third-order valence-electron chi connectivity index (χ3n) is 7.22. The molecular formula is C35H22N4O2. The quantitative estimate of drug-likeness (QED) is 0.226. The van der Waals surface area contributed by atoms with Gasteiger partial charge in [0.25, 0.3) is 0 Å². The molecular weight excluding hydrogens is 508 g/mol. The predicted octanol–water partition coefficient (Wildman–Crippen LogP) is 9.18. The highest BCUT2D eigenvalue weighted by Crippen LogP contribution is 2.44. The second-order valence-corrected chi connectivity index (χ2v) is 9.73. The number of nitrogens with zero attached hydrogens (tertiary/aromatic N) is 4. The molecule has 0 saturated carbocycles. The van der Waals surface area contributed by atoms with E-state index in [1.54, 1.807) is 12.4 Å². The van der Waals surface area contributed by atoms with Crippen molar-refractivity contribution in [1.29, 1.82) is 0 Å². The second kappa shape index (κ2) is 9.47. The second-order valence-electron chi connectivity index (χ2n) is 9.73. The zero-order valence-corrected chi connectivity index (χ0v) is 21.8. The first kappa shape index (κ1) is 23.2. The van der Waals surface area contributed by atoms with E-state index in [1.165, 1.54) is 0 Å². The summed E-state index contributed by atoms with van der Waals surface area (Å²) in [5.41, 5.74) is 8.30. The number of fused-ring (bicyclic) bond motifs is 5. The smallest absolute Gasteiger partial charge is 0.219 e. The summed E-state index contributed by atoms with van der Waals surface area (Å²) in [5, 5.41) is 0.956. The molecule has 5 heterocycles. The Morgan fingerprint density at radius 1 is 0.634 bits per heavy atom. The number of benzene rings is 3. The fraction of sp³-hybridized carbons (Fsp3) is 0. The van der Waals surface area contributed by atoms with Gasteiger partial charge in [0.15, 0.2) is 5.58 Å². The molecule has 6 nitrogen and oxygen atoms in total. The molecule has 1 aliphatic heterocycles. The van der Waals surface area contributed by atoms with Gasteiger partial charge in [0.2, 0.25) is 5.88 Å². The highest BCUT2D eigenvalue weighted by molar-refractivity contribution is 6.10. The Hall–Kier alpha value is -5.75. The van der Waals surface area contributed by atoms with Gasteiger partial charge in [-0.1, -0.05) is 54.6 Å². The highest BCUT2D eigenvalue weighted by atomic mass is 16.5. The topological polar surface area (TPSA) is 64.3 Å². The first-order chi connectivity index (χ1) is 20.3. The summed E-state index contributed by atoms with van der Waals surface area (Å²) in [6.45, 7) is 0. The molecule has 41 heavy (non-hydrogen) atoms. The van der Waals surface area contributed by atoms with Crippen LogP contribution in [0, 0.1) is 0 Å². The molecule has 0 saturated heterocycles. The Morgan fingerprint density at radius 3 is 2.39 bits per heavy atom. The van der Waals surface area contributed by atoms with Crippen molar-refractivity contribution in [1.82, 2.24) is 15.0 Å². The van der Waals surface area contributed by atoms with Gasteiger partial charge in [-0.15, -0.1) is 0 Å². The van der Waals surface area contributed by atoms with Crippen LogP contribution >= 0.6 is 0 Å². The third-order valence-corrected chi connectivity index (χ3v) is 7.22. The van der Waals surface area contributed by atoms with Gasteiger partial charge in [-0.05, 0) is 65.7 Å². The van der Waals surface area contributed by atoms with Crippen molar-refractivity contribution >= 4 is 51.4 Å². The summed E-state index contributed by atoms with van der Waals surface area (Å²) in [4.78, 5) is 16.4. The minimum atomic E-state index is 0.540. The molecule has 0 atom stereocenters. The fourth-order valence-electron chi connectivity index (χ4n) is 5.39. The van der Waals surface area contributed by atoms with E-state index in [2.05, 4.69) is 57.4 Å². The van der Waals surface area contributed by atoms with Crippen LogP contribution in [-0.4, -0.2) is 15.0 Å². The lowest BCUT2D eigenvalue weighted by molar-refractivity contribution is 0.463. The molecule has 3 aromatic carbocycles. The van der Waals surface area contributed by atoms with E-state index in [-0.39, 0.29) is 0 Å². The maximum absolute atomic E-state index is 6.13. The number of rotatable bonds is 4. The molecule has 8 rings (SSSR count). The molecule has 0 amide bonds. The lowest BCUT2D eigenvalue weighted by atomic mass is 10.1. The van der Waals surface area contributed by atoms with E-state index in [9.17, 15) is 0 Å². The summed E-state index contributed by atoms with van der Waals surface area (Å²) in [7, 11) is 0. The van der Waals surface area contributed by atoms with Gasteiger partial charge in [0.05, 0.1) is 22.5 Å². The molecule has 0 aliphatic carbocycles. The molecule has 6 heteroatoms. The maximum Gasteiger partial charge on any atom is 0.219 e. The van der Waals surface area contributed by atoms with E-state index in [1.807, 2.05) is 78.9 Å². The lowest BCUT2D eigenvalue weighted by Crippen LogP contribution is -2.13. The average Bonchev–Trinajstić information content (AvgIpc) is 3.33. The Morgan fingerprint density at radius 2 is 1.46 bits per heavy atom. The van der Waals surface area contributed by atoms with Gasteiger partial charge >= 0.3 is 0 Å². The van der Waals surface area contributed by atoms with Crippen molar-refractivity contribution in [3.05, 3.63) is 133 Å². The van der Waals surface area contributed by atoms with Gasteiger partial charge in [0, 0.05) is 30.1 Å². The van der Waals surface area contributed by atoms with Crippen molar-refractivity contribution in [3.8, 4) is 22.9 Å². The van der Waals surface area contributed by atoms with Gasteiger partial charge in [-0.2, -0.15) is 0 Å². The summed E-state index contributed by atoms with van der Waals surface area (Å²) >= 11 is 0. The van der Waals surface area contributed by atoms with E-state index in [4.69, 9.17) is 14.1 Å². The van der Waals surface area contributed by atoms with Crippen LogP contribution < -0.4 is 9.64 Å². The van der Waals surface area contributed by atoms with Gasteiger partial charge in [-0.3, -0.25) is 9.88 Å². The van der Waals surface area contributed by atoms with Crippen LogP contribution in [0.5, 0.6) is 11.6 Å². The molecule has 0 radical (unpaired) electrons. The van der Waals surface area contributed by atoms with Crippen LogP contribution in [0.2, 0.25) is 0 Å². The Balaban J connectivity index is 1.31. The van der Waals surface area contributed by atoms with Crippen LogP contribution in [0.3, 0.4) is 0 Å². The number of para-hydroxylation sites is 1. The zero-order chi connectivity index (χ0) is 27.2. The van der Waals surface area contributed by atoms with E-state index < -0.39 is 0 Å². The van der Waals surface area contributed by atoms with Crippen LogP contribution in [0.4, 0.5) is 17.2 Å². The number of furan rings is 1. The molecule has 0 bridgehead atoms. The van der Waals surface area contributed by atoms with Gasteiger partial charge in [-0.25, -0.2) is 9.97 Å². The highest BCUT2D eigenvalue weighted by Gasteiger charge is 2.23. The Kier molecular flexibility index (Phi) is 5.35. The normalized spacial score (nSPS) is 12.2. The molecule has 194 valence electrons. The number of ether oxygens (including phenoxy) is 1. The standard InChI is InChI=1S/C35H22N4O2/c1-2-11-28-23(8-1)16-17-24-18-19-25(40-33-15-3-4-20-36-33)22-29(24)39(28)32-14-6-10-27(38-32)26-9-5-12-30-34(26)35-31(41-30)13-7-21-37-35/h1-22H. The van der Waals surface area contributed by atoms with Crippen molar-refractivity contribution in [3.63, 3.8) is 0 Å². The van der Waals surface area contributed by atoms with Crippen molar-refractivity contribution < 1.29 is 9.15 Å². The van der Waals surface area contributed by atoms with Crippen LogP contribution in [0.15, 0.2) is 126 Å². The lowest BCUT2D eigenvalue weighted by Gasteiger charge is -2.27. The summed E-state index contributed by atoms with van der Waals surface area (Å²) < 4.78 is 12.2. The fourth-order valence-corrected chi connectivity index (χ4v) is 5.39.